The number of nitrogens with two attached hydrogens (primary N) is 1. The van der Waals surface area contributed by atoms with Crippen molar-refractivity contribution in [2.45, 2.75) is 39.5 Å². The molecule has 0 saturated heterocycles. The fraction of sp³-hybridized carbons (Fsp3) is 0.600. The highest BCUT2D eigenvalue weighted by molar-refractivity contribution is 5.41. The van der Waals surface area contributed by atoms with Crippen molar-refractivity contribution in [3.8, 4) is 0 Å². The molecule has 0 fully saturated rings. The average molecular weight is 179 g/mol. The first-order valence-electron chi connectivity index (χ1n) is 4.78. The SMILES string of the molecule is CCC(CC)c1cc(C)nnc1N. The predicted octanol–water partition coefficient (Wildman–Crippen LogP) is 2.27. The summed E-state index contributed by atoms with van der Waals surface area (Å²) < 4.78 is 0. The molecule has 0 spiro atoms. The van der Waals surface area contributed by atoms with Gasteiger partial charge in [-0.05, 0) is 31.7 Å². The predicted molar refractivity (Wildman–Crippen MR) is 54.5 cm³/mol. The van der Waals surface area contributed by atoms with E-state index in [9.17, 15) is 0 Å². The summed E-state index contributed by atoms with van der Waals surface area (Å²) in [6.07, 6.45) is 2.21. The van der Waals surface area contributed by atoms with Gasteiger partial charge >= 0.3 is 0 Å². The molecule has 2 N–H and O–H groups in total. The minimum Gasteiger partial charge on any atom is -0.382 e. The number of nitrogen functional groups attached to an aromatic ring is 1. The van der Waals surface area contributed by atoms with Gasteiger partial charge in [0.2, 0.25) is 0 Å². The summed E-state index contributed by atoms with van der Waals surface area (Å²) in [4.78, 5) is 0. The fourth-order valence-corrected chi connectivity index (χ4v) is 1.57. The summed E-state index contributed by atoms with van der Waals surface area (Å²) in [6.45, 7) is 6.28. The van der Waals surface area contributed by atoms with Crippen molar-refractivity contribution in [2.75, 3.05) is 5.73 Å². The van der Waals surface area contributed by atoms with Gasteiger partial charge in [0.05, 0.1) is 5.69 Å². The number of aryl methyl sites for hydroxylation is 1. The number of rotatable bonds is 3. The third-order valence-corrected chi connectivity index (χ3v) is 2.40. The standard InChI is InChI=1S/C10H17N3/c1-4-8(5-2)9-6-7(3)12-13-10(9)11/h6,8H,4-5H2,1-3H3,(H2,11,13). The van der Waals surface area contributed by atoms with Crippen LogP contribution < -0.4 is 5.73 Å². The lowest BCUT2D eigenvalue weighted by Gasteiger charge is -2.14. The first-order chi connectivity index (χ1) is 6.19. The summed E-state index contributed by atoms with van der Waals surface area (Å²) in [5.74, 6) is 1.11. The Hall–Kier alpha value is -1.12. The molecule has 0 aliphatic heterocycles. The molecule has 0 radical (unpaired) electrons. The van der Waals surface area contributed by atoms with E-state index in [1.807, 2.05) is 13.0 Å². The normalized spacial score (nSPS) is 10.8. The maximum atomic E-state index is 5.77. The third kappa shape index (κ3) is 2.17. The lowest BCUT2D eigenvalue weighted by Crippen LogP contribution is -2.05. The smallest absolute Gasteiger partial charge is 0.149 e. The molecule has 0 aliphatic carbocycles. The van der Waals surface area contributed by atoms with Crippen LogP contribution >= 0.6 is 0 Å². The zero-order chi connectivity index (χ0) is 9.84. The summed E-state index contributed by atoms with van der Waals surface area (Å²) >= 11 is 0. The number of anilines is 1. The molecule has 1 heterocycles. The highest BCUT2D eigenvalue weighted by Crippen LogP contribution is 2.26. The number of hydrogen-bond donors (Lipinski definition) is 1. The zero-order valence-electron chi connectivity index (χ0n) is 8.54. The summed E-state index contributed by atoms with van der Waals surface area (Å²) in [7, 11) is 0. The molecule has 0 atom stereocenters. The van der Waals surface area contributed by atoms with Crippen molar-refractivity contribution in [2.24, 2.45) is 0 Å². The molecule has 3 nitrogen and oxygen atoms in total. The maximum Gasteiger partial charge on any atom is 0.149 e. The van der Waals surface area contributed by atoms with Gasteiger partial charge in [0.1, 0.15) is 5.82 Å². The van der Waals surface area contributed by atoms with Gasteiger partial charge in [0.15, 0.2) is 0 Å². The molecule has 1 rings (SSSR count). The van der Waals surface area contributed by atoms with Gasteiger partial charge in [0, 0.05) is 5.56 Å². The molecule has 1 aromatic rings. The minimum absolute atomic E-state index is 0.522. The molecule has 72 valence electrons. The molecule has 0 unspecified atom stereocenters. The van der Waals surface area contributed by atoms with Gasteiger partial charge in [0.25, 0.3) is 0 Å². The molecule has 0 aromatic carbocycles. The second kappa shape index (κ2) is 4.21. The van der Waals surface area contributed by atoms with Crippen molar-refractivity contribution in [3.05, 3.63) is 17.3 Å². The molecular weight excluding hydrogens is 162 g/mol. The van der Waals surface area contributed by atoms with Crippen molar-refractivity contribution in [3.63, 3.8) is 0 Å². The first-order valence-corrected chi connectivity index (χ1v) is 4.78. The molecule has 1 aromatic heterocycles. The number of nitrogens with zero attached hydrogens (tertiary/aromatic N) is 2. The van der Waals surface area contributed by atoms with Crippen LogP contribution in [0.5, 0.6) is 0 Å². The van der Waals surface area contributed by atoms with E-state index in [1.54, 1.807) is 0 Å². The molecule has 0 bridgehead atoms. The zero-order valence-corrected chi connectivity index (χ0v) is 8.54. The van der Waals surface area contributed by atoms with Gasteiger partial charge in [-0.3, -0.25) is 0 Å². The lowest BCUT2D eigenvalue weighted by molar-refractivity contribution is 0.638. The van der Waals surface area contributed by atoms with E-state index in [2.05, 4.69) is 24.0 Å². The van der Waals surface area contributed by atoms with Crippen molar-refractivity contribution >= 4 is 5.82 Å². The molecular formula is C10H17N3. The van der Waals surface area contributed by atoms with Gasteiger partial charge < -0.3 is 5.73 Å². The third-order valence-electron chi connectivity index (χ3n) is 2.40. The van der Waals surface area contributed by atoms with Crippen molar-refractivity contribution < 1.29 is 0 Å². The Bertz CT molecular complexity index is 279. The Morgan fingerprint density at radius 2 is 1.92 bits per heavy atom. The Labute approximate surface area is 79.4 Å². The van der Waals surface area contributed by atoms with E-state index in [4.69, 9.17) is 5.73 Å². The summed E-state index contributed by atoms with van der Waals surface area (Å²) in [5, 5.41) is 7.84. The number of hydrogen-bond acceptors (Lipinski definition) is 3. The van der Waals surface area contributed by atoms with Crippen LogP contribution in [0, 0.1) is 6.92 Å². The average Bonchev–Trinajstić information content (AvgIpc) is 2.13. The van der Waals surface area contributed by atoms with Crippen LogP contribution in [0.3, 0.4) is 0 Å². The molecule has 0 amide bonds. The fourth-order valence-electron chi connectivity index (χ4n) is 1.57. The Balaban J connectivity index is 3.03. The van der Waals surface area contributed by atoms with Crippen LogP contribution in [0.25, 0.3) is 0 Å². The highest BCUT2D eigenvalue weighted by atomic mass is 15.1. The van der Waals surface area contributed by atoms with Crippen molar-refractivity contribution in [1.82, 2.24) is 10.2 Å². The van der Waals surface area contributed by atoms with Crippen molar-refractivity contribution in [1.29, 1.82) is 0 Å². The Morgan fingerprint density at radius 1 is 1.31 bits per heavy atom. The van der Waals surface area contributed by atoms with Crippen LogP contribution in [0.2, 0.25) is 0 Å². The van der Waals surface area contributed by atoms with E-state index in [1.165, 1.54) is 0 Å². The second-order valence-corrected chi connectivity index (χ2v) is 3.34. The summed E-state index contributed by atoms with van der Waals surface area (Å²) in [6, 6.07) is 2.04. The monoisotopic (exact) mass is 179 g/mol. The molecule has 3 heteroatoms. The maximum absolute atomic E-state index is 5.77. The van der Waals surface area contributed by atoms with E-state index in [0.29, 0.717) is 11.7 Å². The van der Waals surface area contributed by atoms with E-state index in [-0.39, 0.29) is 0 Å². The largest absolute Gasteiger partial charge is 0.382 e. The second-order valence-electron chi connectivity index (χ2n) is 3.34. The van der Waals surface area contributed by atoms with Gasteiger partial charge in [-0.2, -0.15) is 5.10 Å². The van der Waals surface area contributed by atoms with Gasteiger partial charge in [-0.1, -0.05) is 13.8 Å². The van der Waals surface area contributed by atoms with Crippen LogP contribution in [-0.4, -0.2) is 10.2 Å². The Kier molecular flexibility index (Phi) is 3.23. The Morgan fingerprint density at radius 3 is 2.46 bits per heavy atom. The summed E-state index contributed by atoms with van der Waals surface area (Å²) in [5.41, 5.74) is 7.86. The van der Waals surface area contributed by atoms with Gasteiger partial charge in [-0.25, -0.2) is 0 Å². The molecule has 13 heavy (non-hydrogen) atoms. The lowest BCUT2D eigenvalue weighted by atomic mass is 9.94. The topological polar surface area (TPSA) is 51.8 Å². The van der Waals surface area contributed by atoms with Crippen LogP contribution in [0.4, 0.5) is 5.82 Å². The molecule has 0 aliphatic rings. The number of aromatic nitrogens is 2. The van der Waals surface area contributed by atoms with E-state index in [0.717, 1.165) is 24.1 Å². The highest BCUT2D eigenvalue weighted by Gasteiger charge is 2.11. The quantitative estimate of drug-likeness (QED) is 0.774. The van der Waals surface area contributed by atoms with Gasteiger partial charge in [-0.15, -0.1) is 5.10 Å². The van der Waals surface area contributed by atoms with Crippen LogP contribution in [0.15, 0.2) is 6.07 Å². The minimum atomic E-state index is 0.522. The van der Waals surface area contributed by atoms with E-state index < -0.39 is 0 Å². The first kappa shape index (κ1) is 9.96. The van der Waals surface area contributed by atoms with E-state index >= 15 is 0 Å². The van der Waals surface area contributed by atoms with Crippen LogP contribution in [0.1, 0.15) is 43.9 Å². The van der Waals surface area contributed by atoms with Crippen LogP contribution in [-0.2, 0) is 0 Å². The molecule has 0 saturated carbocycles.